The van der Waals surface area contributed by atoms with Gasteiger partial charge in [0.15, 0.2) is 12.1 Å². The van der Waals surface area contributed by atoms with Crippen LogP contribution in [0.15, 0.2) is 72.9 Å². The van der Waals surface area contributed by atoms with Crippen LogP contribution in [-0.2, 0) is 28.6 Å². The zero-order valence-corrected chi connectivity index (χ0v) is 33.5. The zero-order valence-electron chi connectivity index (χ0n) is 33.5. The van der Waals surface area contributed by atoms with Crippen molar-refractivity contribution in [1.82, 2.24) is 0 Å². The van der Waals surface area contributed by atoms with Crippen molar-refractivity contribution >= 4 is 17.9 Å². The van der Waals surface area contributed by atoms with E-state index in [1.54, 1.807) is 0 Å². The number of carbonyl (C=O) groups is 3. The highest BCUT2D eigenvalue weighted by Gasteiger charge is 2.31. The minimum atomic E-state index is -0.888. The Balaban J connectivity index is 4.43. The molecule has 0 bridgehead atoms. The third-order valence-electron chi connectivity index (χ3n) is 8.34. The van der Waals surface area contributed by atoms with E-state index in [-0.39, 0.29) is 42.7 Å². The first-order valence-corrected chi connectivity index (χ1v) is 20.0. The molecule has 0 aliphatic rings. The molecule has 0 saturated carbocycles. The first-order chi connectivity index (χ1) is 25.1. The van der Waals surface area contributed by atoms with Crippen LogP contribution in [0.5, 0.6) is 0 Å². The zero-order chi connectivity index (χ0) is 38.5. The van der Waals surface area contributed by atoms with E-state index in [2.05, 4.69) is 86.8 Å². The molecular weight excluding hydrogens is 654 g/mol. The maximum atomic E-state index is 12.6. The molecule has 0 saturated heterocycles. The Hall–Kier alpha value is -3.23. The Morgan fingerprint density at radius 1 is 0.596 bits per heavy atom. The second kappa shape index (κ2) is 34.8. The second-order valence-electron chi connectivity index (χ2n) is 14.1. The number of quaternary nitrogens is 1. The average Bonchev–Trinajstić information content (AvgIpc) is 3.09. The molecular formula is C44H74NO7+. The molecule has 0 aromatic carbocycles. The number of hydrogen-bond donors (Lipinski definition) is 1. The smallest absolute Gasteiger partial charge is 0.362 e. The van der Waals surface area contributed by atoms with Gasteiger partial charge in [0, 0.05) is 19.3 Å². The van der Waals surface area contributed by atoms with Gasteiger partial charge in [-0.1, -0.05) is 112 Å². The van der Waals surface area contributed by atoms with Gasteiger partial charge < -0.3 is 23.8 Å². The molecule has 0 aromatic heterocycles. The van der Waals surface area contributed by atoms with Crippen LogP contribution in [0.25, 0.3) is 0 Å². The molecule has 0 aliphatic carbocycles. The largest absolute Gasteiger partial charge is 0.477 e. The lowest BCUT2D eigenvalue weighted by atomic mass is 10.1. The van der Waals surface area contributed by atoms with Crippen LogP contribution >= 0.6 is 0 Å². The van der Waals surface area contributed by atoms with Gasteiger partial charge >= 0.3 is 17.9 Å². The average molecular weight is 729 g/mol. The van der Waals surface area contributed by atoms with E-state index in [0.717, 1.165) is 70.6 Å². The molecule has 2 unspecified atom stereocenters. The Labute approximate surface area is 317 Å². The molecule has 0 rings (SSSR count). The number of carboxylic acids is 1. The van der Waals surface area contributed by atoms with Crippen molar-refractivity contribution in [1.29, 1.82) is 0 Å². The molecule has 296 valence electrons. The van der Waals surface area contributed by atoms with E-state index in [9.17, 15) is 19.5 Å². The number of likely N-dealkylation sites (N-methyl/N-ethyl adjacent to an activating group) is 1. The van der Waals surface area contributed by atoms with Crippen molar-refractivity contribution in [3.63, 3.8) is 0 Å². The van der Waals surface area contributed by atoms with Crippen molar-refractivity contribution in [2.24, 2.45) is 0 Å². The fourth-order valence-electron chi connectivity index (χ4n) is 5.24. The van der Waals surface area contributed by atoms with Crippen molar-refractivity contribution in [2.45, 2.75) is 148 Å². The first kappa shape index (κ1) is 48.8. The number of allylic oxidation sites excluding steroid dienone is 12. The summed E-state index contributed by atoms with van der Waals surface area (Å²) in [7, 11) is 5.49. The van der Waals surface area contributed by atoms with Crippen molar-refractivity contribution in [3.8, 4) is 0 Å². The predicted octanol–water partition coefficient (Wildman–Crippen LogP) is 10.4. The maximum Gasteiger partial charge on any atom is 0.362 e. The van der Waals surface area contributed by atoms with E-state index in [1.807, 2.05) is 21.1 Å². The topological polar surface area (TPSA) is 99.1 Å². The summed E-state index contributed by atoms with van der Waals surface area (Å²) >= 11 is 0. The van der Waals surface area contributed by atoms with E-state index in [1.165, 1.54) is 25.7 Å². The van der Waals surface area contributed by atoms with Crippen LogP contribution in [0, 0.1) is 0 Å². The lowest BCUT2D eigenvalue weighted by Crippen LogP contribution is -2.50. The van der Waals surface area contributed by atoms with Gasteiger partial charge in [-0.05, 0) is 77.0 Å². The molecule has 0 amide bonds. The number of nitrogens with zero attached hydrogens (tertiary/aromatic N) is 1. The molecule has 0 radical (unpaired) electrons. The number of carboxylic acid groups (broad SMARTS) is 1. The SMILES string of the molecule is CC/C=C/C/C=C/C/C=C/C/C=C/C/C=C/CCCCCC(=O)OCC(COCCC(C(=O)O)[N+](C)(C)C)OC(=O)CCC/C=C/CCCCCC. The highest BCUT2D eigenvalue weighted by molar-refractivity contribution is 5.72. The van der Waals surface area contributed by atoms with Crippen LogP contribution in [0.4, 0.5) is 0 Å². The number of hydrogen-bond acceptors (Lipinski definition) is 6. The summed E-state index contributed by atoms with van der Waals surface area (Å²) in [5.74, 6) is -1.57. The Bertz CT molecular complexity index is 1080. The lowest BCUT2D eigenvalue weighted by Gasteiger charge is -2.31. The third-order valence-corrected chi connectivity index (χ3v) is 8.34. The number of ether oxygens (including phenoxy) is 3. The van der Waals surface area contributed by atoms with Crippen molar-refractivity contribution in [2.75, 3.05) is 41.0 Å². The summed E-state index contributed by atoms with van der Waals surface area (Å²) in [6.07, 6.45) is 42.5. The van der Waals surface area contributed by atoms with E-state index < -0.39 is 18.1 Å². The number of rotatable bonds is 34. The van der Waals surface area contributed by atoms with Gasteiger partial charge in [0.25, 0.3) is 0 Å². The summed E-state index contributed by atoms with van der Waals surface area (Å²) in [5, 5.41) is 9.58. The highest BCUT2D eigenvalue weighted by atomic mass is 16.6. The van der Waals surface area contributed by atoms with Gasteiger partial charge in [0.05, 0.1) is 34.4 Å². The molecule has 8 heteroatoms. The number of unbranched alkanes of at least 4 members (excludes halogenated alkanes) is 8. The van der Waals surface area contributed by atoms with Gasteiger partial charge in [-0.3, -0.25) is 9.59 Å². The second-order valence-corrected chi connectivity index (χ2v) is 14.1. The number of esters is 2. The Morgan fingerprint density at radius 3 is 1.63 bits per heavy atom. The fourth-order valence-corrected chi connectivity index (χ4v) is 5.24. The highest BCUT2D eigenvalue weighted by Crippen LogP contribution is 2.11. The van der Waals surface area contributed by atoms with Crippen LogP contribution in [0.2, 0.25) is 0 Å². The number of aliphatic carboxylic acids is 1. The standard InChI is InChI=1S/C44H73NO7/c1-6-8-10-12-14-16-17-18-19-20-21-22-23-24-25-27-28-30-32-34-42(46)51-39-40(38-50-37-36-41(44(48)49)45(3,4)5)52-43(47)35-33-31-29-26-15-13-11-9-7-2/h8,10,14,16,18-19,21-22,24-26,29,40-41H,6-7,9,11-13,15,17,20,23,27-28,30-39H2,1-5H3/p+1/b10-8+,16-14+,19-18+,22-21+,25-24+,29-26+. The first-order valence-electron chi connectivity index (χ1n) is 20.0. The summed E-state index contributed by atoms with van der Waals surface area (Å²) in [6.45, 7) is 4.49. The molecule has 0 aliphatic heterocycles. The molecule has 0 spiro atoms. The fraction of sp³-hybridized carbons (Fsp3) is 0.659. The monoisotopic (exact) mass is 729 g/mol. The van der Waals surface area contributed by atoms with Crippen LogP contribution < -0.4 is 0 Å². The van der Waals surface area contributed by atoms with Crippen LogP contribution in [0.3, 0.4) is 0 Å². The quantitative estimate of drug-likeness (QED) is 0.0305. The van der Waals surface area contributed by atoms with Crippen LogP contribution in [-0.4, -0.2) is 80.6 Å². The molecule has 2 atom stereocenters. The molecule has 1 N–H and O–H groups in total. The van der Waals surface area contributed by atoms with Crippen molar-refractivity contribution < 1.29 is 38.2 Å². The Kier molecular flexibility index (Phi) is 32.7. The third kappa shape index (κ3) is 32.7. The Morgan fingerprint density at radius 2 is 1.10 bits per heavy atom. The van der Waals surface area contributed by atoms with Crippen LogP contribution in [0.1, 0.15) is 136 Å². The van der Waals surface area contributed by atoms with E-state index in [0.29, 0.717) is 19.3 Å². The van der Waals surface area contributed by atoms with Crippen molar-refractivity contribution in [3.05, 3.63) is 72.9 Å². The maximum absolute atomic E-state index is 12.6. The summed E-state index contributed by atoms with van der Waals surface area (Å²) in [5.41, 5.74) is 0. The lowest BCUT2D eigenvalue weighted by molar-refractivity contribution is -0.887. The number of carbonyl (C=O) groups excluding carboxylic acids is 2. The van der Waals surface area contributed by atoms with Gasteiger partial charge in [0.1, 0.15) is 6.61 Å². The minimum Gasteiger partial charge on any atom is -0.477 e. The summed E-state index contributed by atoms with van der Waals surface area (Å²) in [6, 6.07) is -0.625. The van der Waals surface area contributed by atoms with Gasteiger partial charge in [0.2, 0.25) is 0 Å². The molecule has 52 heavy (non-hydrogen) atoms. The molecule has 0 fully saturated rings. The predicted molar refractivity (Wildman–Crippen MR) is 215 cm³/mol. The molecule has 0 heterocycles. The van der Waals surface area contributed by atoms with Gasteiger partial charge in [-0.25, -0.2) is 4.79 Å². The van der Waals surface area contributed by atoms with E-state index in [4.69, 9.17) is 14.2 Å². The summed E-state index contributed by atoms with van der Waals surface area (Å²) < 4.78 is 17.1. The van der Waals surface area contributed by atoms with Gasteiger partial charge in [-0.2, -0.15) is 0 Å². The normalized spacial score (nSPS) is 13.8. The minimum absolute atomic E-state index is 0.0351. The molecule has 8 nitrogen and oxygen atoms in total. The molecule has 0 aromatic rings. The van der Waals surface area contributed by atoms with Gasteiger partial charge in [-0.15, -0.1) is 0 Å². The van der Waals surface area contributed by atoms with E-state index >= 15 is 0 Å². The summed E-state index contributed by atoms with van der Waals surface area (Å²) in [4.78, 5) is 36.7.